The minimum Gasteiger partial charge on any atom is -0.371 e. The van der Waals surface area contributed by atoms with E-state index in [2.05, 4.69) is 22.5 Å². The van der Waals surface area contributed by atoms with E-state index in [1.165, 1.54) is 0 Å². The van der Waals surface area contributed by atoms with Gasteiger partial charge in [0.1, 0.15) is 5.38 Å². The normalized spacial score (nSPS) is 19.4. The van der Waals surface area contributed by atoms with Gasteiger partial charge in [0.05, 0.1) is 5.56 Å². The minimum absolute atomic E-state index is 0.0638. The maximum absolute atomic E-state index is 12.7. The Labute approximate surface area is 154 Å². The van der Waals surface area contributed by atoms with Gasteiger partial charge in [0.15, 0.2) is 0 Å². The predicted molar refractivity (Wildman–Crippen MR) is 101 cm³/mol. The van der Waals surface area contributed by atoms with Gasteiger partial charge >= 0.3 is 0 Å². The van der Waals surface area contributed by atoms with Crippen LogP contribution in [-0.2, 0) is 4.79 Å². The number of carbonyl (C=O) groups is 2. The molecule has 25 heavy (non-hydrogen) atoms. The average Bonchev–Trinajstić information content (AvgIpc) is 3.39. The molecule has 1 aromatic carbocycles. The molecule has 5 nitrogen and oxygen atoms in total. The summed E-state index contributed by atoms with van der Waals surface area (Å²) in [5.41, 5.74) is 2.18. The zero-order valence-electron chi connectivity index (χ0n) is 14.8. The van der Waals surface area contributed by atoms with Crippen molar-refractivity contribution in [3.8, 4) is 0 Å². The van der Waals surface area contributed by atoms with E-state index in [0.29, 0.717) is 17.3 Å². The largest absolute Gasteiger partial charge is 0.371 e. The maximum Gasteiger partial charge on any atom is 0.253 e. The third kappa shape index (κ3) is 4.66. The summed E-state index contributed by atoms with van der Waals surface area (Å²) in [4.78, 5) is 26.8. The molecular weight excluding hydrogens is 338 g/mol. The second-order valence-electron chi connectivity index (χ2n) is 7.25. The van der Waals surface area contributed by atoms with Gasteiger partial charge in [-0.15, -0.1) is 11.6 Å². The summed E-state index contributed by atoms with van der Waals surface area (Å²) in [7, 11) is 0. The molecule has 1 saturated heterocycles. The van der Waals surface area contributed by atoms with Crippen LogP contribution in [0.4, 0.5) is 11.4 Å². The standard InChI is InChI=1S/C19H26ClN3O2/c1-12-7-9-23(10-8-12)17-6-5-15(22-18(24)13(2)20)11-16(17)19(25)21-14-3-4-14/h5-6,11-14H,3-4,7-10H2,1-2H3,(H,21,25)(H,22,24)/t13-/m1/s1. The van der Waals surface area contributed by atoms with Gasteiger partial charge in [-0.05, 0) is 56.7 Å². The van der Waals surface area contributed by atoms with Crippen molar-refractivity contribution in [3.63, 3.8) is 0 Å². The highest BCUT2D eigenvalue weighted by Gasteiger charge is 2.27. The fraction of sp³-hybridized carbons (Fsp3) is 0.579. The molecule has 2 fully saturated rings. The van der Waals surface area contributed by atoms with Crippen molar-refractivity contribution in [1.29, 1.82) is 0 Å². The van der Waals surface area contributed by atoms with Crippen LogP contribution in [0.15, 0.2) is 18.2 Å². The molecule has 1 atom stereocenters. The first kappa shape index (κ1) is 18.1. The van der Waals surface area contributed by atoms with Crippen LogP contribution >= 0.6 is 11.6 Å². The van der Waals surface area contributed by atoms with Gasteiger partial charge < -0.3 is 15.5 Å². The number of rotatable bonds is 5. The maximum atomic E-state index is 12.7. The topological polar surface area (TPSA) is 61.4 Å². The Morgan fingerprint density at radius 2 is 1.88 bits per heavy atom. The molecule has 1 heterocycles. The lowest BCUT2D eigenvalue weighted by atomic mass is 9.97. The third-order valence-corrected chi connectivity index (χ3v) is 5.11. The molecule has 2 amide bonds. The number of hydrogen-bond acceptors (Lipinski definition) is 3. The zero-order valence-corrected chi connectivity index (χ0v) is 15.6. The molecule has 1 aliphatic carbocycles. The number of nitrogens with zero attached hydrogens (tertiary/aromatic N) is 1. The number of piperidine rings is 1. The molecule has 0 aromatic heterocycles. The average molecular weight is 364 g/mol. The highest BCUT2D eigenvalue weighted by Crippen LogP contribution is 2.30. The molecule has 2 N–H and O–H groups in total. The van der Waals surface area contributed by atoms with E-state index in [4.69, 9.17) is 11.6 Å². The zero-order chi connectivity index (χ0) is 18.0. The van der Waals surface area contributed by atoms with Crippen LogP contribution in [0.3, 0.4) is 0 Å². The van der Waals surface area contributed by atoms with E-state index < -0.39 is 5.38 Å². The number of benzene rings is 1. The third-order valence-electron chi connectivity index (χ3n) is 4.91. The number of nitrogens with one attached hydrogen (secondary N) is 2. The van der Waals surface area contributed by atoms with Gasteiger partial charge in [-0.2, -0.15) is 0 Å². The number of hydrogen-bond donors (Lipinski definition) is 2. The van der Waals surface area contributed by atoms with Gasteiger partial charge in [0.2, 0.25) is 5.91 Å². The molecule has 6 heteroatoms. The Kier molecular flexibility index (Phi) is 5.52. The Morgan fingerprint density at radius 1 is 1.20 bits per heavy atom. The summed E-state index contributed by atoms with van der Waals surface area (Å²) in [5.74, 6) is 0.393. The van der Waals surface area contributed by atoms with Gasteiger partial charge in [-0.1, -0.05) is 6.92 Å². The van der Waals surface area contributed by atoms with Crippen LogP contribution in [0.1, 0.15) is 49.9 Å². The van der Waals surface area contributed by atoms with Crippen LogP contribution in [0.2, 0.25) is 0 Å². The van der Waals surface area contributed by atoms with Crippen LogP contribution in [0.5, 0.6) is 0 Å². The first-order valence-corrected chi connectivity index (χ1v) is 9.52. The molecule has 0 unspecified atom stereocenters. The summed E-state index contributed by atoms with van der Waals surface area (Å²) < 4.78 is 0. The second kappa shape index (κ2) is 7.65. The van der Waals surface area contributed by atoms with Crippen molar-refractivity contribution in [2.75, 3.05) is 23.3 Å². The quantitative estimate of drug-likeness (QED) is 0.788. The number of alkyl halides is 1. The van der Waals surface area contributed by atoms with Crippen molar-refractivity contribution >= 4 is 34.8 Å². The van der Waals surface area contributed by atoms with E-state index in [1.54, 1.807) is 13.0 Å². The van der Waals surface area contributed by atoms with E-state index >= 15 is 0 Å². The molecule has 0 spiro atoms. The van der Waals surface area contributed by atoms with Gasteiger partial charge in [0.25, 0.3) is 5.91 Å². The Morgan fingerprint density at radius 3 is 2.48 bits per heavy atom. The molecule has 2 aliphatic rings. The summed E-state index contributed by atoms with van der Waals surface area (Å²) >= 11 is 5.82. The van der Waals surface area contributed by atoms with Crippen molar-refractivity contribution < 1.29 is 9.59 Å². The Hall–Kier alpha value is -1.75. The summed E-state index contributed by atoms with van der Waals surface area (Å²) in [5, 5.41) is 5.21. The van der Waals surface area contributed by atoms with Crippen molar-refractivity contribution in [3.05, 3.63) is 23.8 Å². The molecule has 0 radical (unpaired) electrons. The first-order chi connectivity index (χ1) is 11.9. The summed E-state index contributed by atoms with van der Waals surface area (Å²) in [6.07, 6.45) is 4.35. The lowest BCUT2D eigenvalue weighted by molar-refractivity contribution is -0.115. The van der Waals surface area contributed by atoms with Crippen LogP contribution in [0, 0.1) is 5.92 Å². The SMILES string of the molecule is CC1CCN(c2ccc(NC(=O)[C@@H](C)Cl)cc2C(=O)NC2CC2)CC1. The van der Waals surface area contributed by atoms with E-state index in [0.717, 1.165) is 50.4 Å². The van der Waals surface area contributed by atoms with Crippen LogP contribution < -0.4 is 15.5 Å². The molecular formula is C19H26ClN3O2. The highest BCUT2D eigenvalue weighted by atomic mass is 35.5. The molecule has 0 bridgehead atoms. The predicted octanol–water partition coefficient (Wildman–Crippen LogP) is 3.38. The molecule has 1 saturated carbocycles. The second-order valence-corrected chi connectivity index (χ2v) is 7.91. The molecule has 1 aromatic rings. The Balaban J connectivity index is 1.84. The lowest BCUT2D eigenvalue weighted by Crippen LogP contribution is -2.35. The lowest BCUT2D eigenvalue weighted by Gasteiger charge is -2.33. The number of amides is 2. The van der Waals surface area contributed by atoms with Crippen molar-refractivity contribution in [1.82, 2.24) is 5.32 Å². The summed E-state index contributed by atoms with van der Waals surface area (Å²) in [6.45, 7) is 5.80. The fourth-order valence-corrected chi connectivity index (χ4v) is 3.11. The molecule has 136 valence electrons. The first-order valence-electron chi connectivity index (χ1n) is 9.09. The number of carbonyl (C=O) groups excluding carboxylic acids is 2. The highest BCUT2D eigenvalue weighted by molar-refractivity contribution is 6.32. The van der Waals surface area contributed by atoms with Gasteiger partial charge in [0, 0.05) is 30.5 Å². The van der Waals surface area contributed by atoms with Crippen molar-refractivity contribution in [2.24, 2.45) is 5.92 Å². The minimum atomic E-state index is -0.619. The number of anilines is 2. The fourth-order valence-electron chi connectivity index (χ4n) is 3.05. The monoisotopic (exact) mass is 363 g/mol. The van der Waals surface area contributed by atoms with Gasteiger partial charge in [-0.25, -0.2) is 0 Å². The van der Waals surface area contributed by atoms with E-state index in [-0.39, 0.29) is 11.8 Å². The van der Waals surface area contributed by atoms with E-state index in [9.17, 15) is 9.59 Å². The Bertz CT molecular complexity index is 650. The summed E-state index contributed by atoms with van der Waals surface area (Å²) in [6, 6.07) is 5.84. The number of halogens is 1. The molecule has 3 rings (SSSR count). The van der Waals surface area contributed by atoms with E-state index in [1.807, 2.05) is 12.1 Å². The van der Waals surface area contributed by atoms with Crippen LogP contribution in [-0.4, -0.2) is 36.3 Å². The smallest absolute Gasteiger partial charge is 0.253 e. The molecule has 1 aliphatic heterocycles. The van der Waals surface area contributed by atoms with Crippen LogP contribution in [0.25, 0.3) is 0 Å². The van der Waals surface area contributed by atoms with Crippen molar-refractivity contribution in [2.45, 2.75) is 50.9 Å². The van der Waals surface area contributed by atoms with Gasteiger partial charge in [-0.3, -0.25) is 9.59 Å².